The largest absolute Gasteiger partial charge is 0.399 e. The van der Waals surface area contributed by atoms with Crippen molar-refractivity contribution < 1.29 is 9.59 Å². The van der Waals surface area contributed by atoms with Crippen molar-refractivity contribution in [2.75, 3.05) is 16.4 Å². The smallest absolute Gasteiger partial charge is 0.256 e. The zero-order valence-electron chi connectivity index (χ0n) is 13.8. The number of anilines is 3. The van der Waals surface area contributed by atoms with Crippen LogP contribution in [0.4, 0.5) is 17.1 Å². The number of nitrogen functional groups attached to an aromatic ring is 1. The van der Waals surface area contributed by atoms with Crippen LogP contribution in [0.15, 0.2) is 36.4 Å². The van der Waals surface area contributed by atoms with Crippen LogP contribution in [0, 0.1) is 19.8 Å². The molecule has 0 heterocycles. The minimum atomic E-state index is -0.214. The van der Waals surface area contributed by atoms with Gasteiger partial charge in [-0.2, -0.15) is 0 Å². The Bertz CT molecular complexity index is 810. The van der Waals surface area contributed by atoms with E-state index in [4.69, 9.17) is 5.73 Å². The first kappa shape index (κ1) is 16.1. The number of benzene rings is 2. The van der Waals surface area contributed by atoms with Gasteiger partial charge in [-0.15, -0.1) is 0 Å². The van der Waals surface area contributed by atoms with Gasteiger partial charge < -0.3 is 16.4 Å². The molecule has 1 aliphatic carbocycles. The summed E-state index contributed by atoms with van der Waals surface area (Å²) in [5.74, 6) is -0.0318. The summed E-state index contributed by atoms with van der Waals surface area (Å²) in [5, 5.41) is 5.80. The molecular weight excluding hydrogens is 302 g/mol. The molecule has 0 radical (unpaired) electrons. The van der Waals surface area contributed by atoms with Crippen molar-refractivity contribution in [3.8, 4) is 0 Å². The molecule has 3 rings (SSSR count). The van der Waals surface area contributed by atoms with Crippen molar-refractivity contribution >= 4 is 28.9 Å². The molecule has 0 aromatic heterocycles. The van der Waals surface area contributed by atoms with Gasteiger partial charge >= 0.3 is 0 Å². The Labute approximate surface area is 141 Å². The molecular formula is C19H21N3O2. The minimum absolute atomic E-state index is 0.0443. The maximum absolute atomic E-state index is 12.5. The fourth-order valence-electron chi connectivity index (χ4n) is 2.50. The van der Waals surface area contributed by atoms with E-state index in [1.54, 1.807) is 18.2 Å². The molecule has 0 saturated heterocycles. The van der Waals surface area contributed by atoms with Crippen molar-refractivity contribution in [2.45, 2.75) is 26.7 Å². The van der Waals surface area contributed by atoms with Crippen molar-refractivity contribution in [3.63, 3.8) is 0 Å². The summed E-state index contributed by atoms with van der Waals surface area (Å²) in [6.07, 6.45) is 1.91. The summed E-state index contributed by atoms with van der Waals surface area (Å²) < 4.78 is 0. The summed E-state index contributed by atoms with van der Waals surface area (Å²) in [5.41, 5.74) is 10.0. The lowest BCUT2D eigenvalue weighted by Gasteiger charge is -2.13. The Hall–Kier alpha value is -2.82. The lowest BCUT2D eigenvalue weighted by atomic mass is 10.1. The highest BCUT2D eigenvalue weighted by molar-refractivity contribution is 6.06. The van der Waals surface area contributed by atoms with E-state index in [1.807, 2.05) is 32.0 Å². The molecule has 124 valence electrons. The zero-order chi connectivity index (χ0) is 17.3. The number of amides is 2. The van der Waals surface area contributed by atoms with Crippen LogP contribution in [0.1, 0.15) is 34.3 Å². The topological polar surface area (TPSA) is 84.2 Å². The molecule has 0 unspecified atom stereocenters. The van der Waals surface area contributed by atoms with E-state index < -0.39 is 0 Å². The fourth-order valence-corrected chi connectivity index (χ4v) is 2.50. The summed E-state index contributed by atoms with van der Waals surface area (Å²) in [6, 6.07) is 10.8. The number of hydrogen-bond acceptors (Lipinski definition) is 3. The van der Waals surface area contributed by atoms with E-state index in [0.29, 0.717) is 22.6 Å². The molecule has 1 fully saturated rings. The van der Waals surface area contributed by atoms with Crippen LogP contribution in [-0.4, -0.2) is 11.8 Å². The zero-order valence-corrected chi connectivity index (χ0v) is 13.8. The van der Waals surface area contributed by atoms with Crippen molar-refractivity contribution in [1.82, 2.24) is 0 Å². The summed E-state index contributed by atoms with van der Waals surface area (Å²) in [4.78, 5) is 24.4. The summed E-state index contributed by atoms with van der Waals surface area (Å²) in [6.45, 7) is 3.78. The summed E-state index contributed by atoms with van der Waals surface area (Å²) in [7, 11) is 0. The number of aryl methyl sites for hydroxylation is 2. The molecule has 5 heteroatoms. The van der Waals surface area contributed by atoms with Crippen molar-refractivity contribution in [3.05, 3.63) is 53.1 Å². The number of hydrogen-bond donors (Lipinski definition) is 3. The van der Waals surface area contributed by atoms with E-state index in [1.165, 1.54) is 0 Å². The van der Waals surface area contributed by atoms with Crippen LogP contribution in [0.3, 0.4) is 0 Å². The first-order valence-corrected chi connectivity index (χ1v) is 8.03. The van der Waals surface area contributed by atoms with Crippen LogP contribution in [0.2, 0.25) is 0 Å². The maximum atomic E-state index is 12.5. The fraction of sp³-hybridized carbons (Fsp3) is 0.263. The van der Waals surface area contributed by atoms with Gasteiger partial charge in [0.2, 0.25) is 5.91 Å². The van der Waals surface area contributed by atoms with Crippen LogP contribution < -0.4 is 16.4 Å². The molecule has 1 saturated carbocycles. The predicted molar refractivity (Wildman–Crippen MR) is 96.1 cm³/mol. The van der Waals surface area contributed by atoms with E-state index in [-0.39, 0.29) is 17.7 Å². The van der Waals surface area contributed by atoms with Crippen molar-refractivity contribution in [1.29, 1.82) is 0 Å². The van der Waals surface area contributed by atoms with E-state index >= 15 is 0 Å². The molecule has 24 heavy (non-hydrogen) atoms. The second-order valence-corrected chi connectivity index (χ2v) is 6.32. The van der Waals surface area contributed by atoms with Gasteiger partial charge in [0.05, 0.1) is 0 Å². The van der Waals surface area contributed by atoms with Gasteiger partial charge in [-0.25, -0.2) is 0 Å². The highest BCUT2D eigenvalue weighted by Crippen LogP contribution is 2.31. The lowest BCUT2D eigenvalue weighted by molar-refractivity contribution is -0.117. The Balaban J connectivity index is 1.79. The van der Waals surface area contributed by atoms with Gasteiger partial charge in [-0.3, -0.25) is 9.59 Å². The average Bonchev–Trinajstić information content (AvgIpc) is 3.37. The molecule has 0 aliphatic heterocycles. The normalized spacial score (nSPS) is 13.4. The van der Waals surface area contributed by atoms with Gasteiger partial charge in [-0.05, 0) is 62.1 Å². The van der Waals surface area contributed by atoms with Gasteiger partial charge in [0.25, 0.3) is 5.91 Å². The second-order valence-electron chi connectivity index (χ2n) is 6.32. The van der Waals surface area contributed by atoms with Gasteiger partial charge in [0.15, 0.2) is 0 Å². The first-order valence-electron chi connectivity index (χ1n) is 8.03. The molecule has 2 aromatic carbocycles. The SMILES string of the molecule is Cc1ccc(NC(=O)C2CC2)cc1NC(=O)c1cc(N)ccc1C. The average molecular weight is 323 g/mol. The lowest BCUT2D eigenvalue weighted by Crippen LogP contribution is -2.16. The summed E-state index contributed by atoms with van der Waals surface area (Å²) >= 11 is 0. The van der Waals surface area contributed by atoms with Gasteiger partial charge in [0.1, 0.15) is 0 Å². The highest BCUT2D eigenvalue weighted by Gasteiger charge is 2.29. The second kappa shape index (κ2) is 6.35. The molecule has 0 spiro atoms. The van der Waals surface area contributed by atoms with E-state index in [2.05, 4.69) is 10.6 Å². The van der Waals surface area contributed by atoms with Crippen LogP contribution in [-0.2, 0) is 4.79 Å². The third kappa shape index (κ3) is 3.56. The monoisotopic (exact) mass is 323 g/mol. The Morgan fingerprint density at radius 1 is 1.00 bits per heavy atom. The number of carbonyl (C=O) groups excluding carboxylic acids is 2. The molecule has 0 atom stereocenters. The van der Waals surface area contributed by atoms with E-state index in [9.17, 15) is 9.59 Å². The number of nitrogens with two attached hydrogens (primary N) is 1. The maximum Gasteiger partial charge on any atom is 0.256 e. The highest BCUT2D eigenvalue weighted by atomic mass is 16.2. The molecule has 5 nitrogen and oxygen atoms in total. The predicted octanol–water partition coefficient (Wildman–Crippen LogP) is 3.49. The molecule has 2 amide bonds. The molecule has 4 N–H and O–H groups in total. The minimum Gasteiger partial charge on any atom is -0.399 e. The quantitative estimate of drug-likeness (QED) is 0.753. The molecule has 0 bridgehead atoms. The van der Waals surface area contributed by atoms with Gasteiger partial charge in [-0.1, -0.05) is 12.1 Å². The number of nitrogens with one attached hydrogen (secondary N) is 2. The van der Waals surface area contributed by atoms with Crippen molar-refractivity contribution in [2.24, 2.45) is 5.92 Å². The number of carbonyl (C=O) groups is 2. The first-order chi connectivity index (χ1) is 11.4. The van der Waals surface area contributed by atoms with E-state index in [0.717, 1.165) is 24.0 Å². The molecule has 1 aliphatic rings. The standard InChI is InChI=1S/C19H21N3O2/c1-11-3-7-14(20)9-16(11)19(24)22-17-10-15(8-4-12(17)2)21-18(23)13-5-6-13/h3-4,7-10,13H,5-6,20H2,1-2H3,(H,21,23)(H,22,24). The Kier molecular flexibility index (Phi) is 4.25. The van der Waals surface area contributed by atoms with Crippen LogP contribution in [0.5, 0.6) is 0 Å². The third-order valence-electron chi connectivity index (χ3n) is 4.21. The Morgan fingerprint density at radius 3 is 2.42 bits per heavy atom. The van der Waals surface area contributed by atoms with Gasteiger partial charge in [0, 0.05) is 28.5 Å². The Morgan fingerprint density at radius 2 is 1.71 bits per heavy atom. The van der Waals surface area contributed by atoms with Crippen LogP contribution >= 0.6 is 0 Å². The number of rotatable bonds is 4. The van der Waals surface area contributed by atoms with Crippen LogP contribution in [0.25, 0.3) is 0 Å². The molecule has 2 aromatic rings. The third-order valence-corrected chi connectivity index (χ3v) is 4.21.